The van der Waals surface area contributed by atoms with Crippen molar-refractivity contribution < 1.29 is 0 Å². The fourth-order valence-electron chi connectivity index (χ4n) is 1.26. The molecule has 0 N–H and O–H groups in total. The van der Waals surface area contributed by atoms with E-state index in [0.717, 1.165) is 18.4 Å². The maximum Gasteiger partial charge on any atom is 0.101 e. The molecule has 0 aliphatic rings. The highest BCUT2D eigenvalue weighted by Gasteiger charge is 2.06. The van der Waals surface area contributed by atoms with E-state index < -0.39 is 0 Å². The third-order valence-corrected chi connectivity index (χ3v) is 1.98. The van der Waals surface area contributed by atoms with Crippen molar-refractivity contribution in [2.75, 3.05) is 0 Å². The maximum atomic E-state index is 8.91. The smallest absolute Gasteiger partial charge is 0.101 e. The molecule has 0 saturated carbocycles. The first-order chi connectivity index (χ1) is 6.83. The first-order valence-corrected chi connectivity index (χ1v) is 4.60. The van der Waals surface area contributed by atoms with Crippen molar-refractivity contribution in [3.8, 4) is 12.1 Å². The number of nitrogens with zero attached hydrogens (tertiary/aromatic N) is 2. The number of hydrogen-bond donors (Lipinski definition) is 0. The van der Waals surface area contributed by atoms with Gasteiger partial charge in [0.1, 0.15) is 12.1 Å². The van der Waals surface area contributed by atoms with Crippen molar-refractivity contribution in [2.24, 2.45) is 0 Å². The Labute approximate surface area is 84.4 Å². The molecule has 0 unspecified atom stereocenters. The molecule has 0 saturated heterocycles. The minimum absolute atomic E-state index is 0.456. The molecule has 2 nitrogen and oxygen atoms in total. The van der Waals surface area contributed by atoms with Crippen LogP contribution in [0.25, 0.3) is 0 Å². The van der Waals surface area contributed by atoms with Gasteiger partial charge in [0.2, 0.25) is 0 Å². The zero-order valence-corrected chi connectivity index (χ0v) is 8.12. The van der Waals surface area contributed by atoms with E-state index in [1.54, 1.807) is 12.1 Å². The summed E-state index contributed by atoms with van der Waals surface area (Å²) < 4.78 is 0. The molecule has 1 aromatic carbocycles. The Morgan fingerprint density at radius 3 is 2.64 bits per heavy atom. The molecule has 69 valence electrons. The highest BCUT2D eigenvalue weighted by atomic mass is 14.3. The number of unbranched alkanes of at least 4 members (excludes halogenated alkanes) is 1. The van der Waals surface area contributed by atoms with Gasteiger partial charge < -0.3 is 0 Å². The van der Waals surface area contributed by atoms with Crippen LogP contribution in [0.4, 0.5) is 0 Å². The van der Waals surface area contributed by atoms with Gasteiger partial charge in [0.05, 0.1) is 11.1 Å². The van der Waals surface area contributed by atoms with Gasteiger partial charge >= 0.3 is 0 Å². The van der Waals surface area contributed by atoms with Crippen molar-refractivity contribution in [1.29, 1.82) is 10.5 Å². The lowest BCUT2D eigenvalue weighted by atomic mass is 9.99. The van der Waals surface area contributed by atoms with Crippen molar-refractivity contribution in [2.45, 2.75) is 19.8 Å². The molecule has 0 heterocycles. The Morgan fingerprint density at radius 1 is 1.29 bits per heavy atom. The molecule has 1 rings (SSSR count). The molecule has 0 aromatic heterocycles. The first-order valence-electron chi connectivity index (χ1n) is 4.60. The van der Waals surface area contributed by atoms with Gasteiger partial charge in [-0.2, -0.15) is 10.5 Å². The number of nitriles is 2. The average molecular weight is 183 g/mol. The van der Waals surface area contributed by atoms with E-state index in [4.69, 9.17) is 10.5 Å². The summed E-state index contributed by atoms with van der Waals surface area (Å²) in [5.41, 5.74) is 1.81. The van der Waals surface area contributed by atoms with Crippen molar-refractivity contribution in [1.82, 2.24) is 0 Å². The van der Waals surface area contributed by atoms with E-state index in [-0.39, 0.29) is 0 Å². The molecule has 0 amide bonds. The quantitative estimate of drug-likeness (QED) is 0.723. The highest BCUT2D eigenvalue weighted by Crippen LogP contribution is 2.16. The molecule has 2 heteroatoms. The summed E-state index contributed by atoms with van der Waals surface area (Å²) in [6.45, 7) is 2.08. The van der Waals surface area contributed by atoms with Gasteiger partial charge in [0.15, 0.2) is 0 Å². The van der Waals surface area contributed by atoms with E-state index >= 15 is 0 Å². The largest absolute Gasteiger partial charge is 0.192 e. The van der Waals surface area contributed by atoms with Crippen LogP contribution in [0.3, 0.4) is 0 Å². The molecular formula is C12H11N2. The predicted molar refractivity (Wildman–Crippen MR) is 54.2 cm³/mol. The highest BCUT2D eigenvalue weighted by molar-refractivity contribution is 5.52. The topological polar surface area (TPSA) is 47.6 Å². The second-order valence-electron chi connectivity index (χ2n) is 2.99. The molecule has 0 atom stereocenters. The molecule has 0 aliphatic carbocycles. The van der Waals surface area contributed by atoms with E-state index in [1.165, 1.54) is 0 Å². The average Bonchev–Trinajstić information content (AvgIpc) is 2.25. The zero-order chi connectivity index (χ0) is 10.4. The fourth-order valence-corrected chi connectivity index (χ4v) is 1.26. The van der Waals surface area contributed by atoms with Gasteiger partial charge in [-0.05, 0) is 24.5 Å². The first kappa shape index (κ1) is 10.3. The summed E-state index contributed by atoms with van der Waals surface area (Å²) in [5.74, 6) is 0. The van der Waals surface area contributed by atoms with Crippen LogP contribution in [-0.2, 0) is 0 Å². The third-order valence-electron chi connectivity index (χ3n) is 1.98. The Morgan fingerprint density at radius 2 is 2.07 bits per heavy atom. The van der Waals surface area contributed by atoms with E-state index in [1.807, 2.05) is 18.6 Å². The van der Waals surface area contributed by atoms with Gasteiger partial charge in [-0.25, -0.2) is 0 Å². The summed E-state index contributed by atoms with van der Waals surface area (Å²) >= 11 is 0. The number of rotatable bonds is 3. The molecule has 1 aromatic rings. The van der Waals surface area contributed by atoms with Crippen LogP contribution in [0, 0.1) is 29.1 Å². The lowest BCUT2D eigenvalue weighted by Crippen LogP contribution is -1.91. The molecule has 0 spiro atoms. The zero-order valence-electron chi connectivity index (χ0n) is 8.12. The van der Waals surface area contributed by atoms with Crippen LogP contribution in [0.15, 0.2) is 18.2 Å². The van der Waals surface area contributed by atoms with Crippen LogP contribution in [0.1, 0.15) is 36.5 Å². The maximum absolute atomic E-state index is 8.91. The Kier molecular flexibility index (Phi) is 3.70. The lowest BCUT2D eigenvalue weighted by molar-refractivity contribution is 0.912. The minimum Gasteiger partial charge on any atom is -0.192 e. The van der Waals surface area contributed by atoms with E-state index in [9.17, 15) is 0 Å². The Bertz CT molecular complexity index is 394. The van der Waals surface area contributed by atoms with Crippen molar-refractivity contribution in [3.63, 3.8) is 0 Å². The summed E-state index contributed by atoms with van der Waals surface area (Å²) in [7, 11) is 0. The van der Waals surface area contributed by atoms with Gasteiger partial charge in [-0.15, -0.1) is 0 Å². The van der Waals surface area contributed by atoms with E-state index in [2.05, 4.69) is 13.0 Å². The van der Waals surface area contributed by atoms with Crippen LogP contribution < -0.4 is 0 Å². The monoisotopic (exact) mass is 183 g/mol. The van der Waals surface area contributed by atoms with Crippen LogP contribution in [0.5, 0.6) is 0 Å². The van der Waals surface area contributed by atoms with Crippen LogP contribution in [0.2, 0.25) is 0 Å². The lowest BCUT2D eigenvalue weighted by Gasteiger charge is -2.02. The fraction of sp³-hybridized carbons (Fsp3) is 0.250. The van der Waals surface area contributed by atoms with Crippen molar-refractivity contribution >= 4 is 0 Å². The molecule has 0 fully saturated rings. The normalized spacial score (nSPS) is 9.07. The molecule has 0 bridgehead atoms. The summed E-state index contributed by atoms with van der Waals surface area (Å²) in [5, 5.41) is 17.7. The molecular weight excluding hydrogens is 172 g/mol. The molecule has 0 aliphatic heterocycles. The number of hydrogen-bond acceptors (Lipinski definition) is 2. The van der Waals surface area contributed by atoms with Gasteiger partial charge in [-0.1, -0.05) is 25.5 Å². The van der Waals surface area contributed by atoms with Crippen LogP contribution >= 0.6 is 0 Å². The molecule has 1 radical (unpaired) electrons. The predicted octanol–water partition coefficient (Wildman–Crippen LogP) is 2.78. The minimum atomic E-state index is 0.456. The van der Waals surface area contributed by atoms with Gasteiger partial charge in [0.25, 0.3) is 0 Å². The third kappa shape index (κ3) is 2.12. The summed E-state index contributed by atoms with van der Waals surface area (Å²) in [6.07, 6.45) is 3.98. The van der Waals surface area contributed by atoms with Gasteiger partial charge in [0, 0.05) is 0 Å². The van der Waals surface area contributed by atoms with Crippen LogP contribution in [-0.4, -0.2) is 0 Å². The second kappa shape index (κ2) is 5.04. The Hall–Kier alpha value is -1.80. The summed E-state index contributed by atoms with van der Waals surface area (Å²) in [6, 6.07) is 9.44. The van der Waals surface area contributed by atoms with Crippen molar-refractivity contribution in [3.05, 3.63) is 41.3 Å². The Balaban J connectivity index is 3.06. The summed E-state index contributed by atoms with van der Waals surface area (Å²) in [4.78, 5) is 0. The van der Waals surface area contributed by atoms with Gasteiger partial charge in [-0.3, -0.25) is 0 Å². The number of benzene rings is 1. The van der Waals surface area contributed by atoms with E-state index in [0.29, 0.717) is 11.1 Å². The molecule has 14 heavy (non-hydrogen) atoms. The second-order valence-corrected chi connectivity index (χ2v) is 2.99. The standard InChI is InChI=1S/C12H11N2/c1-2-3-5-10-6-4-7-11(8-13)12(10)9-14/h4-7H,2-3H2,1H3. The SMILES string of the molecule is CCC[CH]c1cccc(C#N)c1C#N.